The molecule has 2 aliphatic rings. The molecule has 3 rings (SSSR count). The van der Waals surface area contributed by atoms with Crippen LogP contribution in [0.3, 0.4) is 0 Å². The molecule has 0 saturated carbocycles. The highest BCUT2D eigenvalue weighted by molar-refractivity contribution is 8.01. The van der Waals surface area contributed by atoms with Gasteiger partial charge in [-0.05, 0) is 43.4 Å². The van der Waals surface area contributed by atoms with Gasteiger partial charge in [-0.25, -0.2) is 4.39 Å². The van der Waals surface area contributed by atoms with Crippen LogP contribution in [0.4, 0.5) is 4.39 Å². The maximum atomic E-state index is 14.1. The molecule has 1 aromatic carbocycles. The fourth-order valence-electron chi connectivity index (χ4n) is 3.69. The highest BCUT2D eigenvalue weighted by atomic mass is 32.2. The molecule has 4 unspecified atom stereocenters. The minimum atomic E-state index is -1.32. The number of fused-ring (bicyclic) bond motifs is 2. The molecule has 0 spiro atoms. The Morgan fingerprint density at radius 3 is 2.86 bits per heavy atom. The molecule has 1 aromatic rings. The Balaban J connectivity index is 1.95. The number of carbonyl (C=O) groups excluding carboxylic acids is 1. The van der Waals surface area contributed by atoms with E-state index in [2.05, 4.69) is 13.8 Å². The smallest absolute Gasteiger partial charge is 0.165 e. The van der Waals surface area contributed by atoms with Gasteiger partial charge in [0.05, 0.1) is 5.97 Å². The first-order valence-corrected chi connectivity index (χ1v) is 8.76. The van der Waals surface area contributed by atoms with Gasteiger partial charge in [0.1, 0.15) is 5.60 Å². The largest absolute Gasteiger partial charge is 0.545 e. The summed E-state index contributed by atoms with van der Waals surface area (Å²) in [4.78, 5) is 11.0. The van der Waals surface area contributed by atoms with Crippen LogP contribution in [0.25, 0.3) is 0 Å². The Kier molecular flexibility index (Phi) is 4.10. The van der Waals surface area contributed by atoms with Gasteiger partial charge < -0.3 is 14.6 Å². The topological polar surface area (TPSA) is 49.4 Å². The van der Waals surface area contributed by atoms with Crippen molar-refractivity contribution in [3.05, 3.63) is 29.6 Å². The van der Waals surface area contributed by atoms with Crippen molar-refractivity contribution in [2.24, 2.45) is 5.92 Å². The van der Waals surface area contributed by atoms with Gasteiger partial charge in [0.15, 0.2) is 11.6 Å². The minimum Gasteiger partial charge on any atom is -0.545 e. The Morgan fingerprint density at radius 2 is 2.32 bits per heavy atom. The van der Waals surface area contributed by atoms with Crippen molar-refractivity contribution < 1.29 is 19.0 Å². The number of hydrogen-bond acceptors (Lipinski definition) is 4. The summed E-state index contributed by atoms with van der Waals surface area (Å²) in [5.41, 5.74) is -0.445. The van der Waals surface area contributed by atoms with Crippen LogP contribution in [0.15, 0.2) is 18.2 Å². The van der Waals surface area contributed by atoms with Crippen LogP contribution in [0.5, 0.6) is 5.75 Å². The van der Waals surface area contributed by atoms with Crippen LogP contribution < -0.4 is 9.84 Å². The summed E-state index contributed by atoms with van der Waals surface area (Å²) in [5, 5.41) is 11.9. The number of aromatic carboxylic acids is 1. The molecule has 22 heavy (non-hydrogen) atoms. The van der Waals surface area contributed by atoms with E-state index in [0.29, 0.717) is 16.4 Å². The molecule has 0 radical (unpaired) electrons. The summed E-state index contributed by atoms with van der Waals surface area (Å²) >= 11 is 1.94. The number of ether oxygens (including phenoxy) is 1. The molecule has 2 bridgehead atoms. The van der Waals surface area contributed by atoms with E-state index >= 15 is 0 Å². The van der Waals surface area contributed by atoms with E-state index in [-0.39, 0.29) is 11.3 Å². The van der Waals surface area contributed by atoms with Crippen LogP contribution in [-0.2, 0) is 0 Å². The lowest BCUT2D eigenvalue weighted by Crippen LogP contribution is -2.50. The lowest BCUT2D eigenvalue weighted by atomic mass is 9.75. The van der Waals surface area contributed by atoms with Gasteiger partial charge in [-0.15, -0.1) is 0 Å². The summed E-state index contributed by atoms with van der Waals surface area (Å²) in [6, 6.07) is 3.61. The number of carboxylic acids is 1. The fraction of sp³-hybridized carbons (Fsp3) is 0.588. The third kappa shape index (κ3) is 2.49. The summed E-state index contributed by atoms with van der Waals surface area (Å²) in [5.74, 6) is -1.50. The van der Waals surface area contributed by atoms with Crippen LogP contribution in [0.2, 0.25) is 0 Å². The maximum absolute atomic E-state index is 14.1. The van der Waals surface area contributed by atoms with E-state index in [1.54, 1.807) is 0 Å². The van der Waals surface area contributed by atoms with Gasteiger partial charge in [-0.3, -0.25) is 0 Å². The van der Waals surface area contributed by atoms with E-state index in [1.807, 2.05) is 11.8 Å². The summed E-state index contributed by atoms with van der Waals surface area (Å²) in [6.07, 6.45) is 4.14. The number of carbonyl (C=O) groups is 1. The first kappa shape index (κ1) is 15.7. The molecule has 0 aromatic heterocycles. The Labute approximate surface area is 134 Å². The molecule has 4 atom stereocenters. The molecule has 2 saturated heterocycles. The normalized spacial score (nSPS) is 31.2. The molecule has 2 heterocycles. The molecule has 3 nitrogen and oxygen atoms in total. The molecule has 0 N–H and O–H groups in total. The summed E-state index contributed by atoms with van der Waals surface area (Å²) < 4.78 is 20.3. The van der Waals surface area contributed by atoms with Crippen LogP contribution in [-0.4, -0.2) is 22.1 Å². The van der Waals surface area contributed by atoms with Crippen molar-refractivity contribution in [1.82, 2.24) is 0 Å². The molecular formula is C17H20FO3S-. The highest BCUT2D eigenvalue weighted by Gasteiger charge is 2.56. The van der Waals surface area contributed by atoms with E-state index in [1.165, 1.54) is 18.6 Å². The number of thioether (sulfide) groups is 1. The number of rotatable bonds is 5. The lowest BCUT2D eigenvalue weighted by Gasteiger charge is -2.42. The van der Waals surface area contributed by atoms with E-state index < -0.39 is 17.4 Å². The minimum absolute atomic E-state index is 0.0372. The van der Waals surface area contributed by atoms with E-state index in [9.17, 15) is 14.3 Å². The predicted octanol–water partition coefficient (Wildman–Crippen LogP) is 3.02. The first-order valence-electron chi connectivity index (χ1n) is 7.81. The van der Waals surface area contributed by atoms with Crippen molar-refractivity contribution in [2.45, 2.75) is 55.6 Å². The van der Waals surface area contributed by atoms with Crippen molar-refractivity contribution in [1.29, 1.82) is 0 Å². The Bertz CT molecular complexity index is 591. The second kappa shape index (κ2) is 5.76. The SMILES string of the molecule is CCC(C)C1(Oc2cc(C(=O)[O-])ccc2F)CC2CCC1S2. The second-order valence-corrected chi connectivity index (χ2v) is 7.84. The third-order valence-electron chi connectivity index (χ3n) is 5.11. The van der Waals surface area contributed by atoms with E-state index in [4.69, 9.17) is 4.74 Å². The monoisotopic (exact) mass is 323 g/mol. The van der Waals surface area contributed by atoms with E-state index in [0.717, 1.165) is 25.3 Å². The molecule has 5 heteroatoms. The molecular weight excluding hydrogens is 303 g/mol. The van der Waals surface area contributed by atoms with Gasteiger partial charge in [-0.2, -0.15) is 11.8 Å². The molecule has 0 aliphatic carbocycles. The highest BCUT2D eigenvalue weighted by Crippen LogP contribution is 2.56. The average Bonchev–Trinajstić information content (AvgIpc) is 3.09. The van der Waals surface area contributed by atoms with Gasteiger partial charge in [0.2, 0.25) is 0 Å². The van der Waals surface area contributed by atoms with Crippen molar-refractivity contribution in [3.8, 4) is 5.75 Å². The molecule has 120 valence electrons. The first-order chi connectivity index (χ1) is 10.5. The van der Waals surface area contributed by atoms with Gasteiger partial charge in [0, 0.05) is 22.5 Å². The third-order valence-corrected chi connectivity index (χ3v) is 6.86. The second-order valence-electron chi connectivity index (χ2n) is 6.33. The van der Waals surface area contributed by atoms with Crippen molar-refractivity contribution in [3.63, 3.8) is 0 Å². The predicted molar refractivity (Wildman–Crippen MR) is 82.6 cm³/mol. The van der Waals surface area contributed by atoms with Crippen molar-refractivity contribution >= 4 is 17.7 Å². The summed E-state index contributed by atoms with van der Waals surface area (Å²) in [7, 11) is 0. The number of hydrogen-bond donors (Lipinski definition) is 0. The van der Waals surface area contributed by atoms with Gasteiger partial charge >= 0.3 is 0 Å². The zero-order valence-corrected chi connectivity index (χ0v) is 13.6. The Hall–Kier alpha value is -1.23. The lowest BCUT2D eigenvalue weighted by molar-refractivity contribution is -0.255. The standard InChI is InChI=1S/C17H21FO3S/c1-3-10(2)17(9-12-5-7-15(17)22-12)21-14-8-11(16(19)20)4-6-13(14)18/h4,6,8,10,12,15H,3,5,7,9H2,1-2H3,(H,19,20)/p-1. The van der Waals surface area contributed by atoms with Gasteiger partial charge in [-0.1, -0.05) is 13.8 Å². The zero-order chi connectivity index (χ0) is 15.9. The quantitative estimate of drug-likeness (QED) is 0.836. The molecule has 0 amide bonds. The molecule has 2 aliphatic heterocycles. The number of halogens is 1. The molecule has 2 fully saturated rings. The number of benzene rings is 1. The van der Waals surface area contributed by atoms with Crippen LogP contribution >= 0.6 is 11.8 Å². The Morgan fingerprint density at radius 1 is 1.55 bits per heavy atom. The van der Waals surface area contributed by atoms with Crippen molar-refractivity contribution in [2.75, 3.05) is 0 Å². The summed E-state index contributed by atoms with van der Waals surface area (Å²) in [6.45, 7) is 4.25. The van der Waals surface area contributed by atoms with Crippen LogP contribution in [0, 0.1) is 11.7 Å². The van der Waals surface area contributed by atoms with Gasteiger partial charge in [0.25, 0.3) is 0 Å². The van der Waals surface area contributed by atoms with Crippen LogP contribution in [0.1, 0.15) is 49.9 Å². The zero-order valence-electron chi connectivity index (χ0n) is 12.8. The maximum Gasteiger partial charge on any atom is 0.165 e. The average molecular weight is 323 g/mol. The number of carboxylic acid groups (broad SMARTS) is 1. The fourth-order valence-corrected chi connectivity index (χ4v) is 5.66.